The molecule has 0 heterocycles. The van der Waals surface area contributed by atoms with E-state index in [1.165, 1.54) is 18.2 Å². The molecule has 0 saturated heterocycles. The second-order valence-corrected chi connectivity index (χ2v) is 11.0. The molecule has 180 valence electrons. The van der Waals surface area contributed by atoms with Gasteiger partial charge < -0.3 is 16.9 Å². The highest BCUT2D eigenvalue weighted by atomic mass is 35.5. The Balaban J connectivity index is 0.00000342. The lowest BCUT2D eigenvalue weighted by atomic mass is 10.3. The molecule has 0 unspecified atom stereocenters. The molecule has 0 bridgehead atoms. The van der Waals surface area contributed by atoms with Gasteiger partial charge in [0.15, 0.2) is 0 Å². The molecular formula is C26H18Cl3F3NOP. The first-order valence-electron chi connectivity index (χ1n) is 10.2. The van der Waals surface area contributed by atoms with E-state index in [4.69, 9.17) is 27.7 Å². The van der Waals surface area contributed by atoms with Gasteiger partial charge in [0, 0.05) is 0 Å². The van der Waals surface area contributed by atoms with Crippen LogP contribution in [-0.2, 0) is 4.52 Å². The average Bonchev–Trinajstić information content (AvgIpc) is 2.85. The fourth-order valence-corrected chi connectivity index (χ4v) is 7.14. The number of alkyl halides is 3. The second kappa shape index (κ2) is 11.5. The van der Waals surface area contributed by atoms with Crippen molar-refractivity contribution in [1.82, 2.24) is 0 Å². The van der Waals surface area contributed by atoms with E-state index in [1.807, 2.05) is 18.2 Å². The molecule has 0 atom stereocenters. The summed E-state index contributed by atoms with van der Waals surface area (Å²) in [6.07, 6.45) is -4.87. The van der Waals surface area contributed by atoms with Gasteiger partial charge in [-0.1, -0.05) is 77.8 Å². The van der Waals surface area contributed by atoms with Gasteiger partial charge in [0.25, 0.3) is 7.49 Å². The zero-order chi connectivity index (χ0) is 24.2. The molecule has 0 aromatic heterocycles. The number of aliphatic imine (C=N–C) groups is 1. The topological polar surface area (TPSA) is 21.6 Å². The van der Waals surface area contributed by atoms with E-state index in [0.717, 1.165) is 0 Å². The summed E-state index contributed by atoms with van der Waals surface area (Å²) in [5, 5.41) is 2.19. The SMILES string of the molecule is FC(F)(F)C(=Nc1ccc(Cl)c(Cl)c1)O[P+](c1ccccc1)(c1ccccc1)c1ccccc1.[Cl-]. The van der Waals surface area contributed by atoms with Gasteiger partial charge >= 0.3 is 12.1 Å². The third kappa shape index (κ3) is 5.99. The summed E-state index contributed by atoms with van der Waals surface area (Å²) in [4.78, 5) is 3.85. The van der Waals surface area contributed by atoms with Crippen molar-refractivity contribution in [3.05, 3.63) is 119 Å². The fraction of sp³-hybridized carbons (Fsp3) is 0.0385. The highest BCUT2D eigenvalue weighted by Gasteiger charge is 2.55. The Morgan fingerprint density at radius 1 is 0.657 bits per heavy atom. The van der Waals surface area contributed by atoms with Crippen LogP contribution in [0.15, 0.2) is 114 Å². The zero-order valence-electron chi connectivity index (χ0n) is 18.0. The molecule has 0 amide bonds. The summed E-state index contributed by atoms with van der Waals surface area (Å²) in [5.74, 6) is -1.37. The first-order valence-corrected chi connectivity index (χ1v) is 12.6. The van der Waals surface area contributed by atoms with Crippen molar-refractivity contribution < 1.29 is 30.1 Å². The third-order valence-electron chi connectivity index (χ3n) is 4.96. The van der Waals surface area contributed by atoms with Gasteiger partial charge in [-0.15, -0.1) is 0 Å². The van der Waals surface area contributed by atoms with Crippen LogP contribution in [0.4, 0.5) is 18.9 Å². The molecule has 0 aliphatic rings. The zero-order valence-corrected chi connectivity index (χ0v) is 21.1. The summed E-state index contributed by atoms with van der Waals surface area (Å²) in [7, 11) is -3.27. The highest BCUT2D eigenvalue weighted by molar-refractivity contribution is 7.92. The molecule has 9 heteroatoms. The normalized spacial score (nSPS) is 12.1. The van der Waals surface area contributed by atoms with Crippen LogP contribution in [-0.4, -0.2) is 12.1 Å². The van der Waals surface area contributed by atoms with Gasteiger partial charge in [-0.05, 0) is 54.6 Å². The van der Waals surface area contributed by atoms with Crippen molar-refractivity contribution in [1.29, 1.82) is 0 Å². The van der Waals surface area contributed by atoms with Crippen molar-refractivity contribution in [3.8, 4) is 0 Å². The lowest BCUT2D eigenvalue weighted by Crippen LogP contribution is -3.00. The number of hydrogen-bond donors (Lipinski definition) is 0. The maximum Gasteiger partial charge on any atom is 0.473 e. The minimum absolute atomic E-state index is 0. The molecule has 0 fully saturated rings. The Hall–Kier alpha value is -2.56. The molecule has 0 aliphatic heterocycles. The number of hydrogen-bond acceptors (Lipinski definition) is 2. The second-order valence-electron chi connectivity index (χ2n) is 7.22. The molecule has 0 saturated carbocycles. The number of benzene rings is 4. The van der Waals surface area contributed by atoms with Crippen LogP contribution in [0.1, 0.15) is 0 Å². The average molecular weight is 555 g/mol. The van der Waals surface area contributed by atoms with E-state index < -0.39 is 19.6 Å². The van der Waals surface area contributed by atoms with E-state index in [2.05, 4.69) is 4.99 Å². The minimum Gasteiger partial charge on any atom is -1.00 e. The van der Waals surface area contributed by atoms with Crippen molar-refractivity contribution in [2.24, 2.45) is 4.99 Å². The summed E-state index contributed by atoms with van der Waals surface area (Å²) >= 11 is 11.9. The summed E-state index contributed by atoms with van der Waals surface area (Å²) in [5.41, 5.74) is -0.0194. The van der Waals surface area contributed by atoms with E-state index >= 15 is 0 Å². The molecule has 0 aliphatic carbocycles. The van der Waals surface area contributed by atoms with E-state index in [9.17, 15) is 13.2 Å². The largest absolute Gasteiger partial charge is 1.00 e. The van der Waals surface area contributed by atoms with Gasteiger partial charge in [-0.2, -0.15) is 13.2 Å². The Labute approximate surface area is 218 Å². The van der Waals surface area contributed by atoms with Gasteiger partial charge in [0.2, 0.25) is 0 Å². The van der Waals surface area contributed by atoms with Gasteiger partial charge in [0.1, 0.15) is 15.9 Å². The minimum atomic E-state index is -4.87. The number of halogens is 6. The lowest BCUT2D eigenvalue weighted by molar-refractivity contribution is -0.0703. The summed E-state index contributed by atoms with van der Waals surface area (Å²) < 4.78 is 49.2. The van der Waals surface area contributed by atoms with Crippen molar-refractivity contribution in [3.63, 3.8) is 0 Å². The molecule has 2 nitrogen and oxygen atoms in total. The molecule has 0 N–H and O–H groups in total. The molecule has 4 rings (SSSR count). The first kappa shape index (κ1) is 27.0. The van der Waals surface area contributed by atoms with Gasteiger partial charge in [-0.25, -0.2) is 4.99 Å². The van der Waals surface area contributed by atoms with Crippen LogP contribution < -0.4 is 28.3 Å². The first-order chi connectivity index (χ1) is 16.3. The Kier molecular flexibility index (Phi) is 8.84. The van der Waals surface area contributed by atoms with Crippen molar-refractivity contribution in [2.75, 3.05) is 0 Å². The van der Waals surface area contributed by atoms with Gasteiger partial charge in [0.05, 0.1) is 15.7 Å². The smallest absolute Gasteiger partial charge is 0.473 e. The fourth-order valence-electron chi connectivity index (χ4n) is 3.46. The standard InChI is InChI=1S/C26H18Cl2F3NOP.ClH/c27-23-17-16-19(18-24(23)28)32-25(26(29,30)31)33-34(20-10-4-1-5-11-20,21-12-6-2-7-13-21)22-14-8-3-9-15-22;/h1-18H;1H/q+1;/p-1. The molecule has 4 aromatic carbocycles. The number of rotatable bonds is 5. The number of nitrogens with zero attached hydrogens (tertiary/aromatic N) is 1. The Morgan fingerprint density at radius 3 is 1.46 bits per heavy atom. The maximum atomic E-state index is 14.4. The summed E-state index contributed by atoms with van der Waals surface area (Å²) in [6.45, 7) is 0. The monoisotopic (exact) mass is 553 g/mol. The quantitative estimate of drug-likeness (QED) is 0.202. The van der Waals surface area contributed by atoms with E-state index in [0.29, 0.717) is 15.9 Å². The van der Waals surface area contributed by atoms with Crippen LogP contribution in [0.2, 0.25) is 10.0 Å². The van der Waals surface area contributed by atoms with Crippen LogP contribution in [0.25, 0.3) is 0 Å². The predicted molar refractivity (Wildman–Crippen MR) is 136 cm³/mol. The third-order valence-corrected chi connectivity index (χ3v) is 9.22. The van der Waals surface area contributed by atoms with Crippen LogP contribution in [0, 0.1) is 0 Å². The molecule has 0 radical (unpaired) electrons. The van der Waals surface area contributed by atoms with Crippen molar-refractivity contribution >= 4 is 58.2 Å². The Bertz CT molecular complexity index is 1190. The van der Waals surface area contributed by atoms with Crippen LogP contribution in [0.5, 0.6) is 0 Å². The maximum absolute atomic E-state index is 14.4. The lowest BCUT2D eigenvalue weighted by Gasteiger charge is -2.27. The molecule has 35 heavy (non-hydrogen) atoms. The predicted octanol–water partition coefficient (Wildman–Crippen LogP) is 4.52. The van der Waals surface area contributed by atoms with E-state index in [1.54, 1.807) is 72.8 Å². The molecular weight excluding hydrogens is 537 g/mol. The van der Waals surface area contributed by atoms with E-state index in [-0.39, 0.29) is 28.1 Å². The Morgan fingerprint density at radius 2 is 1.09 bits per heavy atom. The summed E-state index contributed by atoms with van der Waals surface area (Å²) in [6, 6.07) is 30.8. The molecule has 4 aromatic rings. The van der Waals surface area contributed by atoms with Crippen LogP contribution in [0.3, 0.4) is 0 Å². The molecule has 0 spiro atoms. The van der Waals surface area contributed by atoms with Crippen molar-refractivity contribution in [2.45, 2.75) is 6.18 Å². The highest BCUT2D eigenvalue weighted by Crippen LogP contribution is 2.57. The van der Waals surface area contributed by atoms with Gasteiger partial charge in [-0.3, -0.25) is 0 Å². The van der Waals surface area contributed by atoms with Crippen LogP contribution >= 0.6 is 30.7 Å².